The van der Waals surface area contributed by atoms with E-state index in [-0.39, 0.29) is 5.02 Å². The molecular formula is C16H18ClFN2. The summed E-state index contributed by atoms with van der Waals surface area (Å²) in [4.78, 5) is 4.65. The summed E-state index contributed by atoms with van der Waals surface area (Å²) in [7, 11) is 0. The van der Waals surface area contributed by atoms with Crippen molar-refractivity contribution in [1.82, 2.24) is 4.98 Å². The van der Waals surface area contributed by atoms with Crippen LogP contribution in [0.2, 0.25) is 5.02 Å². The summed E-state index contributed by atoms with van der Waals surface area (Å²) in [5.74, 6) is -0.399. The lowest BCUT2D eigenvalue weighted by Gasteiger charge is -2.21. The lowest BCUT2D eigenvalue weighted by molar-refractivity contribution is 0.629. The van der Waals surface area contributed by atoms with Gasteiger partial charge < -0.3 is 5.32 Å². The van der Waals surface area contributed by atoms with Crippen LogP contribution in [-0.4, -0.2) is 11.5 Å². The summed E-state index contributed by atoms with van der Waals surface area (Å²) in [6.07, 6.45) is 5.42. The van der Waals surface area contributed by atoms with Crippen molar-refractivity contribution >= 4 is 28.2 Å². The Hall–Kier alpha value is -1.35. The Morgan fingerprint density at radius 2 is 2.10 bits per heavy atom. The molecule has 1 heterocycles. The fraction of sp³-hybridized carbons (Fsp3) is 0.438. The van der Waals surface area contributed by atoms with E-state index in [1.165, 1.54) is 18.1 Å². The molecule has 0 atom stereocenters. The fourth-order valence-corrected chi connectivity index (χ4v) is 3.03. The average Bonchev–Trinajstić information content (AvgIpc) is 2.45. The van der Waals surface area contributed by atoms with Gasteiger partial charge in [0, 0.05) is 29.4 Å². The molecular weight excluding hydrogens is 275 g/mol. The molecule has 0 unspecified atom stereocenters. The van der Waals surface area contributed by atoms with Gasteiger partial charge in [0.05, 0.1) is 10.5 Å². The van der Waals surface area contributed by atoms with Crippen LogP contribution in [0.3, 0.4) is 0 Å². The predicted molar refractivity (Wildman–Crippen MR) is 82.1 cm³/mol. The van der Waals surface area contributed by atoms with Gasteiger partial charge in [-0.2, -0.15) is 0 Å². The Morgan fingerprint density at radius 3 is 2.90 bits per heavy atom. The highest BCUT2D eigenvalue weighted by atomic mass is 35.5. The molecule has 20 heavy (non-hydrogen) atoms. The summed E-state index contributed by atoms with van der Waals surface area (Å²) in [6, 6.07) is 3.15. The molecule has 0 fully saturated rings. The fourth-order valence-electron chi connectivity index (χ4n) is 2.87. The highest BCUT2D eigenvalue weighted by molar-refractivity contribution is 6.31. The van der Waals surface area contributed by atoms with E-state index in [1.54, 1.807) is 6.07 Å². The van der Waals surface area contributed by atoms with Gasteiger partial charge in [0.1, 0.15) is 5.82 Å². The zero-order valence-corrected chi connectivity index (χ0v) is 12.4. The zero-order valence-electron chi connectivity index (χ0n) is 11.6. The second-order valence-corrected chi connectivity index (χ2v) is 5.74. The van der Waals surface area contributed by atoms with Gasteiger partial charge in [-0.05, 0) is 43.7 Å². The number of anilines is 1. The first kappa shape index (κ1) is 13.6. The standard InChI is InChI=1S/C16H18ClFN2/c1-2-7-19-16-10-5-3-4-6-14(10)20-15-9-13(18)12(17)8-11(15)16/h8-9H,2-7H2,1H3,(H,19,20). The minimum atomic E-state index is -0.399. The van der Waals surface area contributed by atoms with Crippen molar-refractivity contribution in [3.8, 4) is 0 Å². The molecule has 3 rings (SSSR count). The summed E-state index contributed by atoms with van der Waals surface area (Å²) < 4.78 is 13.7. The van der Waals surface area contributed by atoms with E-state index in [0.717, 1.165) is 49.0 Å². The number of benzene rings is 1. The zero-order chi connectivity index (χ0) is 14.1. The Balaban J connectivity index is 2.24. The van der Waals surface area contributed by atoms with Gasteiger partial charge in [0.25, 0.3) is 0 Å². The Morgan fingerprint density at radius 1 is 1.30 bits per heavy atom. The van der Waals surface area contributed by atoms with Gasteiger partial charge in [-0.25, -0.2) is 4.39 Å². The number of hydrogen-bond acceptors (Lipinski definition) is 2. The molecule has 0 saturated heterocycles. The molecule has 2 nitrogen and oxygen atoms in total. The molecule has 0 saturated carbocycles. The molecule has 1 N–H and O–H groups in total. The van der Waals surface area contributed by atoms with Crippen LogP contribution in [-0.2, 0) is 12.8 Å². The summed E-state index contributed by atoms with van der Waals surface area (Å²) in [6.45, 7) is 3.04. The van der Waals surface area contributed by atoms with Crippen molar-refractivity contribution in [2.75, 3.05) is 11.9 Å². The number of rotatable bonds is 3. The van der Waals surface area contributed by atoms with Crippen molar-refractivity contribution in [3.63, 3.8) is 0 Å². The van der Waals surface area contributed by atoms with Crippen LogP contribution in [0.15, 0.2) is 12.1 Å². The molecule has 1 aliphatic rings. The van der Waals surface area contributed by atoms with Crippen molar-refractivity contribution in [3.05, 3.63) is 34.2 Å². The minimum Gasteiger partial charge on any atom is -0.384 e. The van der Waals surface area contributed by atoms with E-state index in [1.807, 2.05) is 0 Å². The highest BCUT2D eigenvalue weighted by Gasteiger charge is 2.19. The summed E-state index contributed by atoms with van der Waals surface area (Å²) in [5, 5.41) is 4.59. The lowest BCUT2D eigenvalue weighted by Crippen LogP contribution is -2.12. The maximum absolute atomic E-state index is 13.7. The highest BCUT2D eigenvalue weighted by Crippen LogP contribution is 2.35. The number of fused-ring (bicyclic) bond motifs is 2. The third-order valence-corrected chi connectivity index (χ3v) is 4.15. The van der Waals surface area contributed by atoms with Crippen LogP contribution in [0.25, 0.3) is 10.9 Å². The minimum absolute atomic E-state index is 0.162. The van der Waals surface area contributed by atoms with Crippen LogP contribution in [0, 0.1) is 5.82 Å². The number of aromatic nitrogens is 1. The van der Waals surface area contributed by atoms with Crippen molar-refractivity contribution in [2.45, 2.75) is 39.0 Å². The molecule has 0 spiro atoms. The Kier molecular flexibility index (Phi) is 3.79. The molecule has 0 radical (unpaired) electrons. The normalized spacial score (nSPS) is 14.3. The van der Waals surface area contributed by atoms with Gasteiger partial charge in [-0.3, -0.25) is 4.98 Å². The smallest absolute Gasteiger partial charge is 0.143 e. The third kappa shape index (κ3) is 2.35. The number of nitrogens with one attached hydrogen (secondary N) is 1. The van der Waals surface area contributed by atoms with Gasteiger partial charge >= 0.3 is 0 Å². The molecule has 0 aliphatic heterocycles. The first-order chi connectivity index (χ1) is 9.70. The lowest BCUT2D eigenvalue weighted by atomic mass is 9.92. The van der Waals surface area contributed by atoms with Crippen molar-refractivity contribution in [1.29, 1.82) is 0 Å². The number of pyridine rings is 1. The van der Waals surface area contributed by atoms with Crippen LogP contribution >= 0.6 is 11.6 Å². The largest absolute Gasteiger partial charge is 0.384 e. The van der Waals surface area contributed by atoms with Crippen LogP contribution in [0.5, 0.6) is 0 Å². The van der Waals surface area contributed by atoms with Gasteiger partial charge in [0.15, 0.2) is 0 Å². The molecule has 4 heteroatoms. The quantitative estimate of drug-likeness (QED) is 0.885. The average molecular weight is 293 g/mol. The molecule has 1 aliphatic carbocycles. The Labute approximate surface area is 123 Å². The number of nitrogens with zero attached hydrogens (tertiary/aromatic N) is 1. The molecule has 106 valence electrons. The molecule has 1 aromatic heterocycles. The molecule has 1 aromatic carbocycles. The van der Waals surface area contributed by atoms with Crippen molar-refractivity contribution < 1.29 is 4.39 Å². The van der Waals surface area contributed by atoms with Gasteiger partial charge in [0.2, 0.25) is 0 Å². The molecule has 2 aromatic rings. The first-order valence-electron chi connectivity index (χ1n) is 7.25. The molecule has 0 bridgehead atoms. The number of hydrogen-bond donors (Lipinski definition) is 1. The SMILES string of the molecule is CCCNc1c2c(nc3cc(F)c(Cl)cc13)CCCC2. The Bertz CT molecular complexity index is 655. The monoisotopic (exact) mass is 292 g/mol. The van der Waals surface area contributed by atoms with E-state index in [2.05, 4.69) is 17.2 Å². The second kappa shape index (κ2) is 5.57. The van der Waals surface area contributed by atoms with Crippen LogP contribution < -0.4 is 5.32 Å². The first-order valence-corrected chi connectivity index (χ1v) is 7.63. The van der Waals surface area contributed by atoms with Crippen LogP contribution in [0.1, 0.15) is 37.4 Å². The van der Waals surface area contributed by atoms with E-state index in [0.29, 0.717) is 5.52 Å². The predicted octanol–water partition coefficient (Wildman–Crippen LogP) is 4.73. The summed E-state index contributed by atoms with van der Waals surface area (Å²) >= 11 is 5.95. The van der Waals surface area contributed by atoms with Gasteiger partial charge in [-0.15, -0.1) is 0 Å². The maximum atomic E-state index is 13.7. The van der Waals surface area contributed by atoms with Gasteiger partial charge in [-0.1, -0.05) is 18.5 Å². The summed E-state index contributed by atoms with van der Waals surface area (Å²) in [5.41, 5.74) is 4.21. The van der Waals surface area contributed by atoms with E-state index >= 15 is 0 Å². The second-order valence-electron chi connectivity index (χ2n) is 5.33. The van der Waals surface area contributed by atoms with Crippen LogP contribution in [0.4, 0.5) is 10.1 Å². The van der Waals surface area contributed by atoms with E-state index in [9.17, 15) is 4.39 Å². The van der Waals surface area contributed by atoms with E-state index in [4.69, 9.17) is 11.6 Å². The topological polar surface area (TPSA) is 24.9 Å². The van der Waals surface area contributed by atoms with Crippen molar-refractivity contribution in [2.24, 2.45) is 0 Å². The number of halogens is 2. The molecule has 0 amide bonds. The number of aryl methyl sites for hydroxylation is 1. The third-order valence-electron chi connectivity index (χ3n) is 3.86. The van der Waals surface area contributed by atoms with E-state index < -0.39 is 5.82 Å². The maximum Gasteiger partial charge on any atom is 0.143 e.